The predicted octanol–water partition coefficient (Wildman–Crippen LogP) is 2.15. The maximum absolute atomic E-state index is 12.7. The fourth-order valence-corrected chi connectivity index (χ4v) is 4.93. The monoisotopic (exact) mass is 402 g/mol. The first-order valence-electron chi connectivity index (χ1n) is 9.27. The maximum Gasteiger partial charge on any atom is 0.254 e. The van der Waals surface area contributed by atoms with E-state index in [9.17, 15) is 18.0 Å². The Labute approximate surface area is 163 Å². The number of sulfonamides is 1. The van der Waals surface area contributed by atoms with Crippen molar-refractivity contribution in [2.45, 2.75) is 43.7 Å². The molecular formula is C20H22N2O5S. The number of hydrogen-bond acceptors (Lipinski definition) is 5. The number of aryl methyl sites for hydroxylation is 1. The largest absolute Gasteiger partial charge is 0.487 e. The van der Waals surface area contributed by atoms with E-state index in [1.165, 1.54) is 41.6 Å². The van der Waals surface area contributed by atoms with Crippen LogP contribution in [-0.2, 0) is 10.0 Å². The molecule has 1 saturated carbocycles. The second-order valence-corrected chi connectivity index (χ2v) is 9.35. The average Bonchev–Trinajstić information content (AvgIpc) is 3.42. The van der Waals surface area contributed by atoms with Crippen molar-refractivity contribution in [2.75, 3.05) is 13.1 Å². The molecule has 1 aromatic heterocycles. The van der Waals surface area contributed by atoms with E-state index in [4.69, 9.17) is 4.74 Å². The molecule has 0 N–H and O–H groups in total. The van der Waals surface area contributed by atoms with Crippen molar-refractivity contribution >= 4 is 15.8 Å². The summed E-state index contributed by atoms with van der Waals surface area (Å²) < 4.78 is 34.3. The minimum absolute atomic E-state index is 0.0770. The van der Waals surface area contributed by atoms with Gasteiger partial charge in [-0.3, -0.25) is 9.59 Å². The van der Waals surface area contributed by atoms with Crippen molar-refractivity contribution in [1.82, 2.24) is 8.87 Å². The van der Waals surface area contributed by atoms with Crippen LogP contribution in [0.1, 0.15) is 41.9 Å². The third-order valence-electron chi connectivity index (χ3n) is 5.16. The number of hydrogen-bond donors (Lipinski definition) is 0. The summed E-state index contributed by atoms with van der Waals surface area (Å²) in [6.07, 6.45) is 1.77. The molecule has 0 spiro atoms. The summed E-state index contributed by atoms with van der Waals surface area (Å²) in [6.45, 7) is 3.77. The number of pyridine rings is 1. The Balaban J connectivity index is 1.41. The molecule has 4 rings (SSSR count). The van der Waals surface area contributed by atoms with Crippen LogP contribution in [0, 0.1) is 6.92 Å². The Morgan fingerprint density at radius 1 is 1.11 bits per heavy atom. The number of ether oxygens (including phenoxy) is 1. The van der Waals surface area contributed by atoms with Gasteiger partial charge in [-0.15, -0.1) is 0 Å². The smallest absolute Gasteiger partial charge is 0.254 e. The van der Waals surface area contributed by atoms with Gasteiger partial charge in [-0.1, -0.05) is 12.1 Å². The molecule has 2 fully saturated rings. The lowest BCUT2D eigenvalue weighted by molar-refractivity contribution is 0.0758. The molecule has 0 atom stereocenters. The average molecular weight is 402 g/mol. The zero-order valence-corrected chi connectivity index (χ0v) is 16.6. The molecule has 2 aromatic rings. The van der Waals surface area contributed by atoms with E-state index in [2.05, 4.69) is 0 Å². The Morgan fingerprint density at radius 2 is 1.75 bits per heavy atom. The van der Waals surface area contributed by atoms with Crippen molar-refractivity contribution in [2.24, 2.45) is 0 Å². The zero-order valence-electron chi connectivity index (χ0n) is 15.8. The highest BCUT2D eigenvalue weighted by molar-refractivity contribution is 7.89. The van der Waals surface area contributed by atoms with Crippen LogP contribution in [-0.4, -0.2) is 42.3 Å². The fourth-order valence-electron chi connectivity index (χ4n) is 3.43. The van der Waals surface area contributed by atoms with Crippen molar-refractivity contribution in [3.8, 4) is 5.75 Å². The second kappa shape index (κ2) is 6.86. The molecule has 1 aromatic carbocycles. The van der Waals surface area contributed by atoms with Gasteiger partial charge in [0.1, 0.15) is 11.9 Å². The first-order valence-corrected chi connectivity index (χ1v) is 10.7. The summed E-state index contributed by atoms with van der Waals surface area (Å²) in [5.74, 6) is 0.368. The van der Waals surface area contributed by atoms with Gasteiger partial charge in [0.05, 0.1) is 18.0 Å². The first kappa shape index (κ1) is 18.9. The Morgan fingerprint density at radius 3 is 2.29 bits per heavy atom. The van der Waals surface area contributed by atoms with E-state index in [1.807, 2.05) is 13.0 Å². The second-order valence-electron chi connectivity index (χ2n) is 7.41. The summed E-state index contributed by atoms with van der Waals surface area (Å²) in [6, 6.07) is 9.53. The van der Waals surface area contributed by atoms with Gasteiger partial charge in [0.2, 0.25) is 10.0 Å². The molecule has 0 amide bonds. The molecule has 1 aliphatic carbocycles. The molecule has 0 bridgehead atoms. The van der Waals surface area contributed by atoms with Gasteiger partial charge >= 0.3 is 0 Å². The fraction of sp³-hybridized carbons (Fsp3) is 0.400. The van der Waals surface area contributed by atoms with Gasteiger partial charge in [-0.25, -0.2) is 8.42 Å². The lowest BCUT2D eigenvalue weighted by Gasteiger charge is -2.37. The molecule has 2 heterocycles. The number of Topliss-reactive ketones (excluding diaryl/α,β-unsaturated/α-hetero) is 1. The van der Waals surface area contributed by atoms with Crippen LogP contribution in [0.2, 0.25) is 0 Å². The molecule has 0 unspecified atom stereocenters. The molecule has 1 aliphatic heterocycles. The zero-order chi connectivity index (χ0) is 20.1. The van der Waals surface area contributed by atoms with Crippen molar-refractivity contribution in [3.63, 3.8) is 0 Å². The summed E-state index contributed by atoms with van der Waals surface area (Å²) in [4.78, 5) is 23.8. The minimum Gasteiger partial charge on any atom is -0.487 e. The van der Waals surface area contributed by atoms with Crippen LogP contribution in [0.3, 0.4) is 0 Å². The topological polar surface area (TPSA) is 85.7 Å². The first-order chi connectivity index (χ1) is 13.3. The summed E-state index contributed by atoms with van der Waals surface area (Å²) in [5.41, 5.74) is 1.26. The van der Waals surface area contributed by atoms with E-state index in [-0.39, 0.29) is 35.4 Å². The minimum atomic E-state index is -3.62. The van der Waals surface area contributed by atoms with E-state index in [0.717, 1.165) is 18.5 Å². The normalized spacial score (nSPS) is 17.9. The maximum atomic E-state index is 12.7. The number of carbonyl (C=O) groups is 1. The summed E-state index contributed by atoms with van der Waals surface area (Å²) in [5, 5.41) is 0. The third kappa shape index (κ3) is 3.49. The molecular weight excluding hydrogens is 380 g/mol. The number of nitrogens with zero attached hydrogens (tertiary/aromatic N) is 2. The van der Waals surface area contributed by atoms with E-state index < -0.39 is 10.0 Å². The van der Waals surface area contributed by atoms with Gasteiger partial charge in [-0.05, 0) is 44.9 Å². The van der Waals surface area contributed by atoms with Crippen LogP contribution in [0.15, 0.2) is 46.1 Å². The number of aromatic nitrogens is 1. The molecule has 1 saturated heterocycles. The van der Waals surface area contributed by atoms with E-state index in [1.54, 1.807) is 4.57 Å². The highest BCUT2D eigenvalue weighted by atomic mass is 32.2. The Kier molecular flexibility index (Phi) is 4.63. The number of rotatable bonds is 6. The summed E-state index contributed by atoms with van der Waals surface area (Å²) >= 11 is 0. The van der Waals surface area contributed by atoms with Crippen LogP contribution in [0.4, 0.5) is 0 Å². The number of ketones is 1. The molecule has 8 heteroatoms. The number of carbonyl (C=O) groups excluding carboxylic acids is 1. The highest BCUT2D eigenvalue weighted by Crippen LogP contribution is 2.35. The molecule has 28 heavy (non-hydrogen) atoms. The van der Waals surface area contributed by atoms with E-state index >= 15 is 0 Å². The predicted molar refractivity (Wildman–Crippen MR) is 103 cm³/mol. The Bertz CT molecular complexity index is 1080. The van der Waals surface area contributed by atoms with Crippen LogP contribution < -0.4 is 10.3 Å². The highest BCUT2D eigenvalue weighted by Gasteiger charge is 2.38. The quantitative estimate of drug-likeness (QED) is 0.691. The van der Waals surface area contributed by atoms with Crippen LogP contribution >= 0.6 is 0 Å². The van der Waals surface area contributed by atoms with Gasteiger partial charge in [-0.2, -0.15) is 4.31 Å². The lowest BCUT2D eigenvalue weighted by atomic mass is 10.2. The summed E-state index contributed by atoms with van der Waals surface area (Å²) in [7, 11) is -3.62. The van der Waals surface area contributed by atoms with Gasteiger partial charge in [0.15, 0.2) is 5.78 Å². The van der Waals surface area contributed by atoms with Crippen LogP contribution in [0.5, 0.6) is 5.75 Å². The van der Waals surface area contributed by atoms with Gasteiger partial charge in [0, 0.05) is 23.4 Å². The van der Waals surface area contributed by atoms with Crippen LogP contribution in [0.25, 0.3) is 0 Å². The van der Waals surface area contributed by atoms with Crippen molar-refractivity contribution in [1.29, 1.82) is 0 Å². The van der Waals surface area contributed by atoms with Crippen molar-refractivity contribution < 1.29 is 17.9 Å². The van der Waals surface area contributed by atoms with Crippen molar-refractivity contribution in [3.05, 3.63) is 58.0 Å². The number of benzene rings is 1. The standard InChI is InChI=1S/C20H22N2O5S/c1-13-9-17(10-20(24)22(13)16-5-6-16)27-18-11-21(12-18)28(25,26)19-7-3-15(4-8-19)14(2)23/h3-4,7-10,16,18H,5-6,11-12H2,1-2H3. The van der Waals surface area contributed by atoms with E-state index in [0.29, 0.717) is 17.4 Å². The molecule has 0 radical (unpaired) electrons. The third-order valence-corrected chi connectivity index (χ3v) is 7.01. The molecule has 2 aliphatic rings. The van der Waals surface area contributed by atoms with Gasteiger partial charge < -0.3 is 9.30 Å². The SMILES string of the molecule is CC(=O)c1ccc(S(=O)(=O)N2CC(Oc3cc(C)n(C4CC4)c(=O)c3)C2)cc1. The van der Waals surface area contributed by atoms with Gasteiger partial charge in [0.25, 0.3) is 5.56 Å². The Hall–Kier alpha value is -2.45. The lowest BCUT2D eigenvalue weighted by Crippen LogP contribution is -2.56. The molecule has 148 valence electrons. The molecule has 7 nitrogen and oxygen atoms in total.